The molecule has 4 rings (SSSR count). The fourth-order valence-corrected chi connectivity index (χ4v) is 6.54. The van der Waals surface area contributed by atoms with Gasteiger partial charge in [-0.1, -0.05) is 58.0 Å². The van der Waals surface area contributed by atoms with Crippen molar-refractivity contribution in [1.29, 1.82) is 0 Å². The highest BCUT2D eigenvalue weighted by Crippen LogP contribution is 2.37. The Morgan fingerprint density at radius 2 is 1.49 bits per heavy atom. The third kappa shape index (κ3) is 8.26. The maximum absolute atomic E-state index is 13.7. The molecule has 12 nitrogen and oxygen atoms in total. The number of imide groups is 1. The lowest BCUT2D eigenvalue weighted by molar-refractivity contribution is -0.172. The van der Waals surface area contributed by atoms with Crippen LogP contribution in [0.3, 0.4) is 0 Å². The molecule has 0 radical (unpaired) electrons. The van der Waals surface area contributed by atoms with Crippen LogP contribution in [0.15, 0.2) is 30.3 Å². The van der Waals surface area contributed by atoms with E-state index < -0.39 is 36.0 Å². The summed E-state index contributed by atoms with van der Waals surface area (Å²) >= 11 is 0. The molecule has 1 aromatic carbocycles. The van der Waals surface area contributed by atoms with Gasteiger partial charge >= 0.3 is 24.2 Å². The Morgan fingerprint density at radius 3 is 2.11 bits per heavy atom. The number of urea groups is 1. The summed E-state index contributed by atoms with van der Waals surface area (Å²) < 4.78 is 16.6. The van der Waals surface area contributed by atoms with Crippen molar-refractivity contribution in [2.75, 3.05) is 45.9 Å². The second-order valence-electron chi connectivity index (χ2n) is 12.8. The molecule has 3 atom stereocenters. The Hall–Kier alpha value is -3.83. The topological polar surface area (TPSA) is 126 Å². The van der Waals surface area contributed by atoms with E-state index in [4.69, 9.17) is 14.2 Å². The van der Waals surface area contributed by atoms with E-state index >= 15 is 0 Å². The van der Waals surface area contributed by atoms with Gasteiger partial charge in [-0.3, -0.25) is 4.79 Å². The molecular formula is C33H48N4O8. The van der Waals surface area contributed by atoms with E-state index in [2.05, 4.69) is 0 Å². The smallest absolute Gasteiger partial charge is 0.410 e. The summed E-state index contributed by atoms with van der Waals surface area (Å²) in [6, 6.07) is 7.59. The van der Waals surface area contributed by atoms with Gasteiger partial charge in [0.15, 0.2) is 6.04 Å². The molecule has 3 fully saturated rings. The first-order valence-electron chi connectivity index (χ1n) is 16.2. The highest BCUT2D eigenvalue weighted by atomic mass is 16.6. The summed E-state index contributed by atoms with van der Waals surface area (Å²) in [7, 11) is 0. The van der Waals surface area contributed by atoms with E-state index in [-0.39, 0.29) is 69.3 Å². The number of piperazine rings is 1. The number of piperidine rings is 1. The molecule has 3 heterocycles. The van der Waals surface area contributed by atoms with Crippen molar-refractivity contribution >= 4 is 30.1 Å². The van der Waals surface area contributed by atoms with Crippen LogP contribution in [0.4, 0.5) is 14.4 Å². The molecule has 12 heteroatoms. The Bertz CT molecular complexity index is 1190. The number of rotatable bonds is 9. The summed E-state index contributed by atoms with van der Waals surface area (Å²) in [5.74, 6) is -1.47. The summed E-state index contributed by atoms with van der Waals surface area (Å²) in [6.45, 7) is 12.0. The van der Waals surface area contributed by atoms with Crippen LogP contribution >= 0.6 is 0 Å². The standard InChI is InChI=1S/C33H48N4O8/c1-6-43-32(41)36-14-10-13-25(20-36)19-26-27(30(39)44-21-24-11-8-7-9-12-24)37(29(26)38)31(40)34-15-17-35(18-16-34)33(42)45-28(22(2)3)23(4)5/h7-9,11-12,22-23,25-28H,6,10,13-21H2,1-5H3/t25?,26-,27?/m1/s1. The summed E-state index contributed by atoms with van der Waals surface area (Å²) in [5.41, 5.74) is 0.795. The van der Waals surface area contributed by atoms with Crippen molar-refractivity contribution in [3.05, 3.63) is 35.9 Å². The normalized spacial score (nSPS) is 22.0. The Morgan fingerprint density at radius 1 is 0.844 bits per heavy atom. The number of hydrogen-bond acceptors (Lipinski definition) is 8. The highest BCUT2D eigenvalue weighted by Gasteiger charge is 2.57. The third-order valence-corrected chi connectivity index (χ3v) is 8.88. The van der Waals surface area contributed by atoms with Crippen molar-refractivity contribution < 1.29 is 38.2 Å². The maximum atomic E-state index is 13.7. The molecule has 3 aliphatic heterocycles. The summed E-state index contributed by atoms with van der Waals surface area (Å²) in [5, 5.41) is 0. The van der Waals surface area contributed by atoms with Crippen LogP contribution in [-0.4, -0.2) is 108 Å². The molecule has 0 spiro atoms. The molecule has 0 bridgehead atoms. The number of carbonyl (C=O) groups excluding carboxylic acids is 5. The molecule has 2 unspecified atom stereocenters. The van der Waals surface area contributed by atoms with Gasteiger partial charge in [-0.2, -0.15) is 0 Å². The molecular weight excluding hydrogens is 580 g/mol. The SMILES string of the molecule is CCOC(=O)N1CCCC(C[C@H]2C(=O)N(C(=O)N3CCN(C(=O)OC(C(C)C)C(C)C)CC3)C2C(=O)OCc2ccccc2)C1. The van der Waals surface area contributed by atoms with Crippen molar-refractivity contribution in [3.63, 3.8) is 0 Å². The average molecular weight is 629 g/mol. The van der Waals surface area contributed by atoms with E-state index in [1.54, 1.807) is 16.7 Å². The van der Waals surface area contributed by atoms with Gasteiger partial charge in [0.05, 0.1) is 12.5 Å². The quantitative estimate of drug-likeness (QED) is 0.224. The molecule has 3 saturated heterocycles. The van der Waals surface area contributed by atoms with Crippen molar-refractivity contribution in [2.24, 2.45) is 23.7 Å². The van der Waals surface area contributed by atoms with E-state index in [0.717, 1.165) is 23.3 Å². The predicted octanol–water partition coefficient (Wildman–Crippen LogP) is 4.37. The van der Waals surface area contributed by atoms with Gasteiger partial charge in [0.2, 0.25) is 5.91 Å². The zero-order valence-corrected chi connectivity index (χ0v) is 27.2. The lowest BCUT2D eigenvalue weighted by Crippen LogP contribution is -2.70. The van der Waals surface area contributed by atoms with Crippen molar-refractivity contribution in [1.82, 2.24) is 19.6 Å². The van der Waals surface area contributed by atoms with Crippen LogP contribution in [0.25, 0.3) is 0 Å². The van der Waals surface area contributed by atoms with Gasteiger partial charge in [0.25, 0.3) is 0 Å². The number of likely N-dealkylation sites (tertiary alicyclic amines) is 2. The molecule has 1 aromatic rings. The van der Waals surface area contributed by atoms with Crippen molar-refractivity contribution in [3.8, 4) is 0 Å². The van der Waals surface area contributed by atoms with Gasteiger partial charge in [-0.05, 0) is 49.5 Å². The number of amides is 5. The fraction of sp³-hybridized carbons (Fsp3) is 0.667. The van der Waals surface area contributed by atoms with Gasteiger partial charge in [0, 0.05) is 39.3 Å². The maximum Gasteiger partial charge on any atom is 0.410 e. The zero-order valence-electron chi connectivity index (χ0n) is 27.2. The van der Waals surface area contributed by atoms with Gasteiger partial charge < -0.3 is 28.9 Å². The Kier molecular flexibility index (Phi) is 11.7. The number of β-lactam (4-membered cyclic amide) rings is 1. The second-order valence-corrected chi connectivity index (χ2v) is 12.8. The largest absolute Gasteiger partial charge is 0.459 e. The van der Waals surface area contributed by atoms with E-state index in [9.17, 15) is 24.0 Å². The lowest BCUT2D eigenvalue weighted by atomic mass is 9.78. The van der Waals surface area contributed by atoms with Crippen LogP contribution in [0.1, 0.15) is 59.4 Å². The van der Waals surface area contributed by atoms with Crippen LogP contribution in [0, 0.1) is 23.7 Å². The van der Waals surface area contributed by atoms with E-state index in [1.165, 1.54) is 4.90 Å². The van der Waals surface area contributed by atoms with Crippen LogP contribution in [0.2, 0.25) is 0 Å². The molecule has 0 aromatic heterocycles. The molecule has 248 valence electrons. The average Bonchev–Trinajstić information content (AvgIpc) is 3.03. The molecule has 0 saturated carbocycles. The number of ether oxygens (including phenoxy) is 3. The van der Waals surface area contributed by atoms with Crippen molar-refractivity contribution in [2.45, 2.75) is 72.6 Å². The number of nitrogens with zero attached hydrogens (tertiary/aromatic N) is 4. The first kappa shape index (κ1) is 34.1. The van der Waals surface area contributed by atoms with Crippen LogP contribution < -0.4 is 0 Å². The minimum atomic E-state index is -1.06. The monoisotopic (exact) mass is 628 g/mol. The number of esters is 1. The number of carbonyl (C=O) groups is 5. The van der Waals surface area contributed by atoms with Gasteiger partial charge in [-0.25, -0.2) is 24.1 Å². The van der Waals surface area contributed by atoms with Gasteiger partial charge in [0.1, 0.15) is 12.7 Å². The lowest BCUT2D eigenvalue weighted by Gasteiger charge is -2.48. The summed E-state index contributed by atoms with van der Waals surface area (Å²) in [4.78, 5) is 71.6. The molecule has 0 N–H and O–H groups in total. The highest BCUT2D eigenvalue weighted by molar-refractivity contribution is 6.07. The first-order chi connectivity index (χ1) is 21.5. The number of hydrogen-bond donors (Lipinski definition) is 0. The fourth-order valence-electron chi connectivity index (χ4n) is 6.54. The van der Waals surface area contributed by atoms with E-state index in [0.29, 0.717) is 19.5 Å². The Labute approximate surface area is 265 Å². The molecule has 3 aliphatic rings. The van der Waals surface area contributed by atoms with Crippen LogP contribution in [-0.2, 0) is 30.4 Å². The summed E-state index contributed by atoms with van der Waals surface area (Å²) in [6.07, 6.45) is 0.898. The minimum absolute atomic E-state index is 0.0196. The Balaban J connectivity index is 1.41. The predicted molar refractivity (Wildman–Crippen MR) is 165 cm³/mol. The molecule has 5 amide bonds. The molecule has 45 heavy (non-hydrogen) atoms. The second kappa shape index (κ2) is 15.4. The molecule has 0 aliphatic carbocycles. The van der Waals surface area contributed by atoms with E-state index in [1.807, 2.05) is 58.0 Å². The minimum Gasteiger partial charge on any atom is -0.459 e. The third-order valence-electron chi connectivity index (χ3n) is 8.88. The first-order valence-corrected chi connectivity index (χ1v) is 16.2. The van der Waals surface area contributed by atoms with Crippen LogP contribution in [0.5, 0.6) is 0 Å². The zero-order chi connectivity index (χ0) is 32.7. The van der Waals surface area contributed by atoms with Gasteiger partial charge in [-0.15, -0.1) is 0 Å². The number of benzene rings is 1.